The number of aryl methyl sites for hydroxylation is 2. The molecule has 0 unspecified atom stereocenters. The van der Waals surface area contributed by atoms with Crippen molar-refractivity contribution in [1.29, 1.82) is 0 Å². The average molecular weight is 255 g/mol. The van der Waals surface area contributed by atoms with Gasteiger partial charge in [0.25, 0.3) is 0 Å². The van der Waals surface area contributed by atoms with Crippen LogP contribution in [0.3, 0.4) is 0 Å². The zero-order chi connectivity index (χ0) is 13.4. The number of aromatic amines is 1. The van der Waals surface area contributed by atoms with Gasteiger partial charge in [-0.1, -0.05) is 6.07 Å². The molecule has 5 heteroatoms. The summed E-state index contributed by atoms with van der Waals surface area (Å²) in [6.07, 6.45) is 1.73. The highest BCUT2D eigenvalue weighted by molar-refractivity contribution is 5.82. The Morgan fingerprint density at radius 3 is 3.00 bits per heavy atom. The van der Waals surface area contributed by atoms with Crippen molar-refractivity contribution >= 4 is 11.0 Å². The molecule has 0 spiro atoms. The van der Waals surface area contributed by atoms with Crippen LogP contribution < -0.4 is 5.32 Å². The van der Waals surface area contributed by atoms with Gasteiger partial charge < -0.3 is 14.9 Å². The average Bonchev–Trinajstić information content (AvgIpc) is 2.96. The molecule has 0 fully saturated rings. The molecule has 19 heavy (non-hydrogen) atoms. The predicted octanol–water partition coefficient (Wildman–Crippen LogP) is 1.99. The molecular weight excluding hydrogens is 238 g/mol. The lowest BCUT2D eigenvalue weighted by Crippen LogP contribution is -2.06. The van der Waals surface area contributed by atoms with Crippen molar-refractivity contribution in [1.82, 2.24) is 24.8 Å². The predicted molar refractivity (Wildman–Crippen MR) is 75.8 cm³/mol. The maximum Gasteiger partial charge on any atom is 0.106 e. The number of nitrogens with one attached hydrogen (secondary N) is 2. The van der Waals surface area contributed by atoms with Gasteiger partial charge >= 0.3 is 0 Å². The van der Waals surface area contributed by atoms with Crippen molar-refractivity contribution in [3.05, 3.63) is 36.0 Å². The third kappa shape index (κ3) is 1.92. The van der Waals surface area contributed by atoms with Crippen LogP contribution in [0.25, 0.3) is 22.3 Å². The van der Waals surface area contributed by atoms with E-state index in [-0.39, 0.29) is 0 Å². The van der Waals surface area contributed by atoms with Gasteiger partial charge in [-0.2, -0.15) is 0 Å². The number of nitrogens with zero attached hydrogens (tertiary/aromatic N) is 3. The summed E-state index contributed by atoms with van der Waals surface area (Å²) in [5.74, 6) is 1.02. The molecule has 0 bridgehead atoms. The minimum atomic E-state index is 0.772. The van der Waals surface area contributed by atoms with Crippen LogP contribution in [-0.4, -0.2) is 26.6 Å². The van der Waals surface area contributed by atoms with Crippen LogP contribution in [0, 0.1) is 6.92 Å². The van der Waals surface area contributed by atoms with E-state index in [1.807, 2.05) is 21.0 Å². The quantitative estimate of drug-likeness (QED) is 0.752. The molecule has 0 amide bonds. The number of fused-ring (bicyclic) bond motifs is 1. The third-order valence-electron chi connectivity index (χ3n) is 3.45. The molecule has 3 rings (SSSR count). The van der Waals surface area contributed by atoms with Crippen LogP contribution in [0.5, 0.6) is 0 Å². The molecule has 1 aromatic carbocycles. The Labute approximate surface area is 111 Å². The molecule has 2 aromatic heterocycles. The van der Waals surface area contributed by atoms with Gasteiger partial charge in [0.1, 0.15) is 5.82 Å². The maximum absolute atomic E-state index is 4.57. The Hall–Kier alpha value is -2.14. The van der Waals surface area contributed by atoms with Crippen molar-refractivity contribution < 1.29 is 0 Å². The second kappa shape index (κ2) is 4.51. The highest BCUT2D eigenvalue weighted by Crippen LogP contribution is 2.25. The fraction of sp³-hybridized carbons (Fsp3) is 0.286. The van der Waals surface area contributed by atoms with Crippen LogP contribution in [0.15, 0.2) is 24.5 Å². The Morgan fingerprint density at radius 1 is 1.37 bits per heavy atom. The molecule has 3 aromatic rings. The summed E-state index contributed by atoms with van der Waals surface area (Å²) in [6.45, 7) is 2.79. The van der Waals surface area contributed by atoms with E-state index in [1.54, 1.807) is 6.33 Å². The summed E-state index contributed by atoms with van der Waals surface area (Å²) in [4.78, 5) is 12.1. The van der Waals surface area contributed by atoms with Crippen LogP contribution in [0.1, 0.15) is 11.5 Å². The second-order valence-electron chi connectivity index (χ2n) is 4.68. The zero-order valence-corrected chi connectivity index (χ0v) is 11.4. The van der Waals surface area contributed by atoms with E-state index in [2.05, 4.69) is 43.0 Å². The lowest BCUT2D eigenvalue weighted by molar-refractivity contribution is 0.798. The topological polar surface area (TPSA) is 58.5 Å². The second-order valence-corrected chi connectivity index (χ2v) is 4.68. The van der Waals surface area contributed by atoms with Crippen molar-refractivity contribution in [2.45, 2.75) is 13.5 Å². The fourth-order valence-electron chi connectivity index (χ4n) is 2.35. The molecule has 98 valence electrons. The van der Waals surface area contributed by atoms with Gasteiger partial charge in [-0.05, 0) is 26.1 Å². The van der Waals surface area contributed by atoms with Crippen molar-refractivity contribution in [2.24, 2.45) is 7.05 Å². The smallest absolute Gasteiger partial charge is 0.106 e. The van der Waals surface area contributed by atoms with Crippen molar-refractivity contribution in [3.63, 3.8) is 0 Å². The van der Waals surface area contributed by atoms with Gasteiger partial charge in [0.05, 0.1) is 28.7 Å². The first-order valence-corrected chi connectivity index (χ1v) is 6.31. The Balaban J connectivity index is 2.12. The van der Waals surface area contributed by atoms with E-state index < -0.39 is 0 Å². The molecule has 0 atom stereocenters. The lowest BCUT2D eigenvalue weighted by atomic mass is 10.1. The Bertz CT molecular complexity index is 723. The van der Waals surface area contributed by atoms with E-state index in [0.29, 0.717) is 0 Å². The first kappa shape index (κ1) is 11.9. The monoisotopic (exact) mass is 255 g/mol. The summed E-state index contributed by atoms with van der Waals surface area (Å²) in [6, 6.07) is 6.29. The lowest BCUT2D eigenvalue weighted by Gasteiger charge is -2.03. The SMILES string of the molecule is CNCc1[nH]cnc1-c1ccc2c(c1)nc(C)n2C. The summed E-state index contributed by atoms with van der Waals surface area (Å²) < 4.78 is 2.10. The molecule has 2 heterocycles. The first-order chi connectivity index (χ1) is 9.20. The number of imidazole rings is 2. The Morgan fingerprint density at radius 2 is 2.21 bits per heavy atom. The minimum absolute atomic E-state index is 0.772. The van der Waals surface area contributed by atoms with Crippen LogP contribution in [0.4, 0.5) is 0 Å². The van der Waals surface area contributed by atoms with Gasteiger partial charge in [0.15, 0.2) is 0 Å². The van der Waals surface area contributed by atoms with Crippen LogP contribution in [-0.2, 0) is 13.6 Å². The number of aromatic nitrogens is 4. The van der Waals surface area contributed by atoms with Crippen molar-refractivity contribution in [2.75, 3.05) is 7.05 Å². The van der Waals surface area contributed by atoms with E-state index in [9.17, 15) is 0 Å². The fourth-order valence-corrected chi connectivity index (χ4v) is 2.35. The largest absolute Gasteiger partial charge is 0.347 e. The van der Waals surface area contributed by atoms with Gasteiger partial charge in [0.2, 0.25) is 0 Å². The first-order valence-electron chi connectivity index (χ1n) is 6.31. The summed E-state index contributed by atoms with van der Waals surface area (Å²) in [5, 5.41) is 3.14. The summed E-state index contributed by atoms with van der Waals surface area (Å²) >= 11 is 0. The Kier molecular flexibility index (Phi) is 2.83. The summed E-state index contributed by atoms with van der Waals surface area (Å²) in [5.41, 5.74) is 5.33. The number of hydrogen-bond donors (Lipinski definition) is 2. The van der Waals surface area contributed by atoms with Gasteiger partial charge in [-0.3, -0.25) is 0 Å². The minimum Gasteiger partial charge on any atom is -0.347 e. The molecule has 5 nitrogen and oxygen atoms in total. The number of H-pyrrole nitrogens is 1. The number of rotatable bonds is 3. The zero-order valence-electron chi connectivity index (χ0n) is 11.4. The molecular formula is C14H17N5. The van der Waals surface area contributed by atoms with E-state index in [1.165, 1.54) is 0 Å². The maximum atomic E-state index is 4.57. The highest BCUT2D eigenvalue weighted by atomic mass is 15.0. The molecule has 0 saturated heterocycles. The number of benzene rings is 1. The highest BCUT2D eigenvalue weighted by Gasteiger charge is 2.10. The molecule has 0 radical (unpaired) electrons. The van der Waals surface area contributed by atoms with Gasteiger partial charge in [-0.25, -0.2) is 9.97 Å². The third-order valence-corrected chi connectivity index (χ3v) is 3.45. The molecule has 0 aliphatic carbocycles. The van der Waals surface area contributed by atoms with Crippen LogP contribution in [0.2, 0.25) is 0 Å². The van der Waals surface area contributed by atoms with Crippen LogP contribution >= 0.6 is 0 Å². The molecule has 2 N–H and O–H groups in total. The van der Waals surface area contributed by atoms with Crippen molar-refractivity contribution in [3.8, 4) is 11.3 Å². The number of hydrogen-bond acceptors (Lipinski definition) is 3. The standard InChI is InChI=1S/C14H17N5/c1-9-18-11-6-10(4-5-13(11)19(9)3)14-12(7-15-2)16-8-17-14/h4-6,8,15H,7H2,1-3H3,(H,16,17). The van der Waals surface area contributed by atoms with E-state index >= 15 is 0 Å². The molecule has 0 saturated carbocycles. The van der Waals surface area contributed by atoms with E-state index in [4.69, 9.17) is 0 Å². The van der Waals surface area contributed by atoms with Gasteiger partial charge in [-0.15, -0.1) is 0 Å². The normalized spacial score (nSPS) is 11.3. The molecule has 0 aliphatic heterocycles. The van der Waals surface area contributed by atoms with E-state index in [0.717, 1.165) is 40.4 Å². The molecule has 0 aliphatic rings. The summed E-state index contributed by atoms with van der Waals surface area (Å²) in [7, 11) is 3.96. The van der Waals surface area contributed by atoms with Gasteiger partial charge in [0, 0.05) is 19.2 Å².